The van der Waals surface area contributed by atoms with Gasteiger partial charge in [0.15, 0.2) is 0 Å². The topological polar surface area (TPSA) is 38.7 Å². The van der Waals surface area contributed by atoms with Crippen molar-refractivity contribution in [1.82, 2.24) is 24.7 Å². The molecular formula is C17H28N6. The second-order valence-electron chi connectivity index (χ2n) is 7.03. The van der Waals surface area contributed by atoms with E-state index >= 15 is 0 Å². The molecule has 6 nitrogen and oxygen atoms in total. The summed E-state index contributed by atoms with van der Waals surface area (Å²) in [6.45, 7) is 12.1. The van der Waals surface area contributed by atoms with Crippen molar-refractivity contribution in [2.24, 2.45) is 0 Å². The molecule has 3 aliphatic heterocycles. The van der Waals surface area contributed by atoms with Gasteiger partial charge >= 0.3 is 0 Å². The van der Waals surface area contributed by atoms with Gasteiger partial charge in [0.1, 0.15) is 0 Å². The van der Waals surface area contributed by atoms with E-state index < -0.39 is 0 Å². The fraction of sp³-hybridized carbons (Fsp3) is 0.765. The van der Waals surface area contributed by atoms with E-state index in [2.05, 4.69) is 29.6 Å². The number of aromatic nitrogens is 2. The molecular weight excluding hydrogens is 288 g/mol. The average Bonchev–Trinajstić information content (AvgIpc) is 3.08. The van der Waals surface area contributed by atoms with Crippen LogP contribution in [0.25, 0.3) is 0 Å². The zero-order valence-corrected chi connectivity index (χ0v) is 14.0. The van der Waals surface area contributed by atoms with E-state index in [0.29, 0.717) is 0 Å². The highest BCUT2D eigenvalue weighted by atomic mass is 15.4. The first-order chi connectivity index (χ1) is 11.4. The zero-order valence-electron chi connectivity index (χ0n) is 14.0. The molecule has 0 bridgehead atoms. The summed E-state index contributed by atoms with van der Waals surface area (Å²) in [5, 5.41) is 0. The van der Waals surface area contributed by atoms with Crippen LogP contribution in [0.4, 0.5) is 5.95 Å². The second-order valence-corrected chi connectivity index (χ2v) is 7.03. The number of hydrogen-bond acceptors (Lipinski definition) is 6. The van der Waals surface area contributed by atoms with Gasteiger partial charge in [0.25, 0.3) is 0 Å². The zero-order chi connectivity index (χ0) is 15.5. The summed E-state index contributed by atoms with van der Waals surface area (Å²) in [4.78, 5) is 18.9. The molecule has 1 aromatic heterocycles. The van der Waals surface area contributed by atoms with E-state index in [1.54, 1.807) is 0 Å². The van der Waals surface area contributed by atoms with Crippen LogP contribution >= 0.6 is 0 Å². The maximum Gasteiger partial charge on any atom is 0.225 e. The summed E-state index contributed by atoms with van der Waals surface area (Å²) in [7, 11) is 0. The Morgan fingerprint density at radius 2 is 1.48 bits per heavy atom. The predicted octanol–water partition coefficient (Wildman–Crippen LogP) is 0.379. The van der Waals surface area contributed by atoms with Crippen LogP contribution in [0, 0.1) is 0 Å². The minimum Gasteiger partial charge on any atom is -0.338 e. The first-order valence-electron chi connectivity index (χ1n) is 9.09. The van der Waals surface area contributed by atoms with Crippen LogP contribution in [0.5, 0.6) is 0 Å². The quantitative estimate of drug-likeness (QED) is 0.782. The van der Waals surface area contributed by atoms with Crippen LogP contribution in [0.15, 0.2) is 18.5 Å². The van der Waals surface area contributed by atoms with Crippen LogP contribution in [0.2, 0.25) is 0 Å². The van der Waals surface area contributed by atoms with Crippen molar-refractivity contribution in [3.63, 3.8) is 0 Å². The molecule has 4 rings (SSSR count). The lowest BCUT2D eigenvalue weighted by molar-refractivity contribution is 0.0261. The predicted molar refractivity (Wildman–Crippen MR) is 91.7 cm³/mol. The van der Waals surface area contributed by atoms with Gasteiger partial charge in [0.05, 0.1) is 0 Å². The molecule has 0 saturated carbocycles. The summed E-state index contributed by atoms with van der Waals surface area (Å²) in [6.07, 6.45) is 6.47. The van der Waals surface area contributed by atoms with E-state index in [1.165, 1.54) is 52.1 Å². The maximum absolute atomic E-state index is 4.36. The highest BCUT2D eigenvalue weighted by molar-refractivity contribution is 5.29. The lowest BCUT2D eigenvalue weighted by Crippen LogP contribution is -2.63. The molecule has 3 saturated heterocycles. The molecule has 1 aromatic rings. The molecule has 0 amide bonds. The molecule has 6 heteroatoms. The van der Waals surface area contributed by atoms with Gasteiger partial charge in [-0.25, -0.2) is 9.97 Å². The number of hydrogen-bond donors (Lipinski definition) is 0. The Balaban J connectivity index is 1.16. The van der Waals surface area contributed by atoms with Crippen molar-refractivity contribution in [1.29, 1.82) is 0 Å². The Bertz CT molecular complexity index is 475. The summed E-state index contributed by atoms with van der Waals surface area (Å²) in [6, 6.07) is 2.65. The van der Waals surface area contributed by atoms with Crippen LogP contribution in [-0.2, 0) is 0 Å². The standard InChI is InChI=1S/C17H28N6/c1-2-7-20(6-1)8-9-21-14-16(15-21)22-10-12-23(13-11-22)17-18-4-3-5-19-17/h3-5,16H,1-2,6-15H2. The van der Waals surface area contributed by atoms with Gasteiger partial charge in [-0.15, -0.1) is 0 Å². The third-order valence-corrected chi connectivity index (χ3v) is 5.53. The minimum atomic E-state index is 0.771. The first-order valence-corrected chi connectivity index (χ1v) is 9.09. The van der Waals surface area contributed by atoms with E-state index in [-0.39, 0.29) is 0 Å². The van der Waals surface area contributed by atoms with Crippen LogP contribution in [-0.4, -0.2) is 96.2 Å². The molecule has 126 valence electrons. The van der Waals surface area contributed by atoms with E-state index in [9.17, 15) is 0 Å². The van der Waals surface area contributed by atoms with Gasteiger partial charge in [0, 0.05) is 70.8 Å². The van der Waals surface area contributed by atoms with E-state index in [4.69, 9.17) is 0 Å². The SMILES string of the molecule is c1cnc(N2CCN(C3CN(CCN4CCCC4)C3)CC2)nc1. The molecule has 0 unspecified atom stereocenters. The van der Waals surface area contributed by atoms with E-state index in [1.807, 2.05) is 18.5 Å². The lowest BCUT2D eigenvalue weighted by Gasteiger charge is -2.48. The molecule has 0 aromatic carbocycles. The number of rotatable bonds is 5. The monoisotopic (exact) mass is 316 g/mol. The van der Waals surface area contributed by atoms with Crippen molar-refractivity contribution >= 4 is 5.95 Å². The average molecular weight is 316 g/mol. The molecule has 0 atom stereocenters. The van der Waals surface area contributed by atoms with Crippen molar-refractivity contribution in [2.75, 3.05) is 70.3 Å². The number of piperazine rings is 1. The van der Waals surface area contributed by atoms with Crippen molar-refractivity contribution < 1.29 is 0 Å². The summed E-state index contributed by atoms with van der Waals surface area (Å²) in [5.41, 5.74) is 0. The number of nitrogens with zero attached hydrogens (tertiary/aromatic N) is 6. The van der Waals surface area contributed by atoms with Gasteiger partial charge in [-0.2, -0.15) is 0 Å². The van der Waals surface area contributed by atoms with Gasteiger partial charge < -0.3 is 9.80 Å². The number of likely N-dealkylation sites (tertiary alicyclic amines) is 2. The van der Waals surface area contributed by atoms with Gasteiger partial charge in [-0.1, -0.05) is 0 Å². The Morgan fingerprint density at radius 1 is 0.826 bits per heavy atom. The largest absolute Gasteiger partial charge is 0.338 e. The molecule has 3 aliphatic rings. The van der Waals surface area contributed by atoms with Crippen LogP contribution in [0.1, 0.15) is 12.8 Å². The van der Waals surface area contributed by atoms with E-state index in [0.717, 1.165) is 38.2 Å². The fourth-order valence-corrected chi connectivity index (χ4v) is 3.99. The highest BCUT2D eigenvalue weighted by Gasteiger charge is 2.33. The van der Waals surface area contributed by atoms with Crippen LogP contribution < -0.4 is 4.90 Å². The molecule has 0 radical (unpaired) electrons. The Morgan fingerprint density at radius 3 is 2.17 bits per heavy atom. The third-order valence-electron chi connectivity index (χ3n) is 5.53. The Labute approximate surface area is 139 Å². The Hall–Kier alpha value is -1.24. The summed E-state index contributed by atoms with van der Waals surface area (Å²) in [5.74, 6) is 0.882. The van der Waals surface area contributed by atoms with Gasteiger partial charge in [-0.05, 0) is 32.0 Å². The first kappa shape index (κ1) is 15.3. The molecule has 0 spiro atoms. The normalized spacial score (nSPS) is 25.0. The van der Waals surface area contributed by atoms with Gasteiger partial charge in [0.2, 0.25) is 5.95 Å². The maximum atomic E-state index is 4.36. The smallest absolute Gasteiger partial charge is 0.225 e. The fourth-order valence-electron chi connectivity index (χ4n) is 3.99. The molecule has 3 fully saturated rings. The molecule has 0 N–H and O–H groups in total. The van der Waals surface area contributed by atoms with Gasteiger partial charge in [-0.3, -0.25) is 9.80 Å². The van der Waals surface area contributed by atoms with Crippen LogP contribution in [0.3, 0.4) is 0 Å². The van der Waals surface area contributed by atoms with Crippen molar-refractivity contribution in [2.45, 2.75) is 18.9 Å². The summed E-state index contributed by atoms with van der Waals surface area (Å²) < 4.78 is 0. The number of anilines is 1. The second kappa shape index (κ2) is 7.11. The summed E-state index contributed by atoms with van der Waals surface area (Å²) >= 11 is 0. The molecule has 4 heterocycles. The Kier molecular flexibility index (Phi) is 4.73. The lowest BCUT2D eigenvalue weighted by atomic mass is 10.1. The molecule has 0 aliphatic carbocycles. The van der Waals surface area contributed by atoms with Crippen molar-refractivity contribution in [3.8, 4) is 0 Å². The third kappa shape index (κ3) is 3.65. The highest BCUT2D eigenvalue weighted by Crippen LogP contribution is 2.18. The molecule has 23 heavy (non-hydrogen) atoms. The van der Waals surface area contributed by atoms with Crippen molar-refractivity contribution in [3.05, 3.63) is 18.5 Å². The minimum absolute atomic E-state index is 0.771.